The number of unbranched alkanes of at least 4 members (excludes halogenated alkanes) is 4. The molecule has 0 spiro atoms. The van der Waals surface area contributed by atoms with E-state index in [0.717, 1.165) is 12.8 Å². The van der Waals surface area contributed by atoms with E-state index >= 15 is 0 Å². The van der Waals surface area contributed by atoms with E-state index in [9.17, 15) is 5.11 Å². The van der Waals surface area contributed by atoms with Crippen molar-refractivity contribution in [1.29, 1.82) is 0 Å². The van der Waals surface area contributed by atoms with Gasteiger partial charge in [0.05, 0.1) is 6.10 Å². The Hall–Kier alpha value is -0.0800. The van der Waals surface area contributed by atoms with Gasteiger partial charge in [-0.3, -0.25) is 4.90 Å². The molecule has 2 aliphatic rings. The fourth-order valence-corrected chi connectivity index (χ4v) is 3.51. The van der Waals surface area contributed by atoms with Crippen LogP contribution in [0.2, 0.25) is 0 Å². The van der Waals surface area contributed by atoms with Gasteiger partial charge in [0.1, 0.15) is 0 Å². The molecular formula is C14H27NO. The molecule has 2 saturated heterocycles. The van der Waals surface area contributed by atoms with Crippen molar-refractivity contribution >= 4 is 0 Å². The molecule has 0 aliphatic carbocycles. The van der Waals surface area contributed by atoms with Gasteiger partial charge in [-0.05, 0) is 38.6 Å². The summed E-state index contributed by atoms with van der Waals surface area (Å²) in [5, 5.41) is 9.72. The van der Waals surface area contributed by atoms with Gasteiger partial charge in [0.25, 0.3) is 0 Å². The lowest BCUT2D eigenvalue weighted by atomic mass is 9.99. The topological polar surface area (TPSA) is 23.5 Å². The van der Waals surface area contributed by atoms with Crippen molar-refractivity contribution in [1.82, 2.24) is 4.90 Å². The smallest absolute Gasteiger partial charge is 0.0570 e. The Morgan fingerprint density at radius 2 is 1.62 bits per heavy atom. The van der Waals surface area contributed by atoms with Crippen molar-refractivity contribution < 1.29 is 5.11 Å². The van der Waals surface area contributed by atoms with Crippen molar-refractivity contribution in [2.24, 2.45) is 0 Å². The molecule has 2 heterocycles. The van der Waals surface area contributed by atoms with Crippen molar-refractivity contribution in [3.63, 3.8) is 0 Å². The minimum Gasteiger partial charge on any atom is -0.393 e. The molecular weight excluding hydrogens is 198 g/mol. The molecule has 0 saturated carbocycles. The normalized spacial score (nSPS) is 34.5. The molecule has 2 heteroatoms. The first-order valence-corrected chi connectivity index (χ1v) is 7.25. The van der Waals surface area contributed by atoms with E-state index in [-0.39, 0.29) is 6.10 Å². The molecule has 0 aromatic heterocycles. The standard InChI is InChI=1S/C14H27NO/c1-2-3-4-5-6-9-15-12-7-8-13(15)11-14(16)10-12/h12-14,16H,2-11H2,1H3. The predicted octanol–water partition coefficient (Wildman–Crippen LogP) is 2.94. The average Bonchev–Trinajstić information content (AvgIpc) is 2.51. The zero-order chi connectivity index (χ0) is 11.4. The number of hydrogen-bond acceptors (Lipinski definition) is 2. The maximum absolute atomic E-state index is 9.72. The van der Waals surface area contributed by atoms with Crippen LogP contribution < -0.4 is 0 Å². The number of aliphatic hydroxyl groups is 1. The summed E-state index contributed by atoms with van der Waals surface area (Å²) in [7, 11) is 0. The third-order valence-electron chi connectivity index (χ3n) is 4.38. The second kappa shape index (κ2) is 6.02. The molecule has 16 heavy (non-hydrogen) atoms. The molecule has 0 amide bonds. The Balaban J connectivity index is 1.66. The first kappa shape index (κ1) is 12.4. The summed E-state index contributed by atoms with van der Waals surface area (Å²) in [4.78, 5) is 2.69. The highest BCUT2D eigenvalue weighted by Gasteiger charge is 2.39. The molecule has 2 unspecified atom stereocenters. The highest BCUT2D eigenvalue weighted by molar-refractivity contribution is 4.94. The van der Waals surface area contributed by atoms with Crippen LogP contribution >= 0.6 is 0 Å². The van der Waals surface area contributed by atoms with Gasteiger partial charge >= 0.3 is 0 Å². The fraction of sp³-hybridized carbons (Fsp3) is 1.00. The minimum atomic E-state index is -0.00570. The Morgan fingerprint density at radius 3 is 2.25 bits per heavy atom. The van der Waals surface area contributed by atoms with E-state index in [1.54, 1.807) is 0 Å². The van der Waals surface area contributed by atoms with E-state index < -0.39 is 0 Å². The van der Waals surface area contributed by atoms with Crippen LogP contribution in [0.25, 0.3) is 0 Å². The number of aliphatic hydroxyl groups excluding tert-OH is 1. The molecule has 2 fully saturated rings. The molecule has 0 aromatic carbocycles. The monoisotopic (exact) mass is 225 g/mol. The largest absolute Gasteiger partial charge is 0.393 e. The molecule has 1 N–H and O–H groups in total. The SMILES string of the molecule is CCCCCCCN1C2CCC1CC(O)C2. The van der Waals surface area contributed by atoms with Crippen LogP contribution in [0.4, 0.5) is 0 Å². The number of fused-ring (bicyclic) bond motifs is 2. The quantitative estimate of drug-likeness (QED) is 0.703. The molecule has 0 aromatic rings. The summed E-state index contributed by atoms with van der Waals surface area (Å²) in [6.07, 6.45) is 11.6. The van der Waals surface area contributed by atoms with Crippen LogP contribution in [0.3, 0.4) is 0 Å². The highest BCUT2D eigenvalue weighted by atomic mass is 16.3. The molecule has 94 valence electrons. The second-order valence-corrected chi connectivity index (χ2v) is 5.66. The zero-order valence-electron chi connectivity index (χ0n) is 10.7. The van der Waals surface area contributed by atoms with Gasteiger partial charge in [0, 0.05) is 12.1 Å². The van der Waals surface area contributed by atoms with Crippen LogP contribution in [-0.2, 0) is 0 Å². The molecule has 0 radical (unpaired) electrons. The van der Waals surface area contributed by atoms with E-state index in [4.69, 9.17) is 0 Å². The highest BCUT2D eigenvalue weighted by Crippen LogP contribution is 2.35. The van der Waals surface area contributed by atoms with E-state index in [1.165, 1.54) is 51.5 Å². The van der Waals surface area contributed by atoms with Crippen molar-refractivity contribution in [2.45, 2.75) is 82.9 Å². The number of nitrogens with zero attached hydrogens (tertiary/aromatic N) is 1. The van der Waals surface area contributed by atoms with Crippen LogP contribution in [0.1, 0.15) is 64.7 Å². The van der Waals surface area contributed by atoms with Gasteiger partial charge in [-0.1, -0.05) is 32.6 Å². The maximum atomic E-state index is 9.72. The van der Waals surface area contributed by atoms with Gasteiger partial charge < -0.3 is 5.11 Å². The first-order chi connectivity index (χ1) is 7.81. The molecule has 2 bridgehead atoms. The maximum Gasteiger partial charge on any atom is 0.0570 e. The lowest BCUT2D eigenvalue weighted by molar-refractivity contribution is 0.0346. The Kier molecular flexibility index (Phi) is 4.66. The summed E-state index contributed by atoms with van der Waals surface area (Å²) >= 11 is 0. The van der Waals surface area contributed by atoms with Gasteiger partial charge in [-0.25, -0.2) is 0 Å². The number of rotatable bonds is 6. The van der Waals surface area contributed by atoms with Crippen LogP contribution in [0.15, 0.2) is 0 Å². The predicted molar refractivity (Wildman–Crippen MR) is 67.5 cm³/mol. The van der Waals surface area contributed by atoms with E-state index in [2.05, 4.69) is 11.8 Å². The molecule has 2 aliphatic heterocycles. The van der Waals surface area contributed by atoms with Gasteiger partial charge in [-0.15, -0.1) is 0 Å². The van der Waals surface area contributed by atoms with Crippen LogP contribution in [0.5, 0.6) is 0 Å². The Bertz CT molecular complexity index is 193. The van der Waals surface area contributed by atoms with Crippen LogP contribution in [0, 0.1) is 0 Å². The third-order valence-corrected chi connectivity index (χ3v) is 4.38. The zero-order valence-corrected chi connectivity index (χ0v) is 10.7. The summed E-state index contributed by atoms with van der Waals surface area (Å²) in [6, 6.07) is 1.42. The first-order valence-electron chi connectivity index (χ1n) is 7.25. The Morgan fingerprint density at radius 1 is 1.00 bits per heavy atom. The van der Waals surface area contributed by atoms with Gasteiger partial charge in [0.15, 0.2) is 0 Å². The summed E-state index contributed by atoms with van der Waals surface area (Å²) in [6.45, 7) is 3.55. The van der Waals surface area contributed by atoms with Gasteiger partial charge in [-0.2, -0.15) is 0 Å². The molecule has 2 rings (SSSR count). The van der Waals surface area contributed by atoms with Crippen molar-refractivity contribution in [3.8, 4) is 0 Å². The summed E-state index contributed by atoms with van der Waals surface area (Å²) in [5.41, 5.74) is 0. The number of piperidine rings is 1. The lowest BCUT2D eigenvalue weighted by Gasteiger charge is -2.37. The Labute approximate surface area is 100 Å². The van der Waals surface area contributed by atoms with Crippen LogP contribution in [-0.4, -0.2) is 34.7 Å². The van der Waals surface area contributed by atoms with E-state index in [0.29, 0.717) is 12.1 Å². The lowest BCUT2D eigenvalue weighted by Crippen LogP contribution is -2.44. The van der Waals surface area contributed by atoms with E-state index in [1.807, 2.05) is 0 Å². The second-order valence-electron chi connectivity index (χ2n) is 5.66. The fourth-order valence-electron chi connectivity index (χ4n) is 3.51. The summed E-state index contributed by atoms with van der Waals surface area (Å²) < 4.78 is 0. The number of hydrogen-bond donors (Lipinski definition) is 1. The third kappa shape index (κ3) is 2.98. The average molecular weight is 225 g/mol. The molecule has 2 atom stereocenters. The molecule has 2 nitrogen and oxygen atoms in total. The van der Waals surface area contributed by atoms with Gasteiger partial charge in [0.2, 0.25) is 0 Å². The van der Waals surface area contributed by atoms with Crippen molar-refractivity contribution in [3.05, 3.63) is 0 Å². The summed E-state index contributed by atoms with van der Waals surface area (Å²) in [5.74, 6) is 0. The van der Waals surface area contributed by atoms with Crippen molar-refractivity contribution in [2.75, 3.05) is 6.54 Å². The minimum absolute atomic E-state index is 0.00570.